The molecule has 1 atom stereocenters. The molecule has 1 aromatic carbocycles. The van der Waals surface area contributed by atoms with E-state index in [2.05, 4.69) is 15.2 Å². The number of anilines is 1. The molecular formula is C17H23Cl2FN4OS. The van der Waals surface area contributed by atoms with Gasteiger partial charge in [0.15, 0.2) is 0 Å². The van der Waals surface area contributed by atoms with Crippen molar-refractivity contribution < 1.29 is 9.18 Å². The first-order chi connectivity index (χ1) is 11.6. The van der Waals surface area contributed by atoms with Gasteiger partial charge in [0.2, 0.25) is 0 Å². The molecule has 0 aliphatic carbocycles. The van der Waals surface area contributed by atoms with E-state index in [0.29, 0.717) is 18.8 Å². The van der Waals surface area contributed by atoms with Crippen molar-refractivity contribution >= 4 is 47.7 Å². The fraction of sp³-hybridized carbons (Fsp3) is 0.412. The quantitative estimate of drug-likeness (QED) is 0.795. The number of aryl methyl sites for hydroxylation is 1. The summed E-state index contributed by atoms with van der Waals surface area (Å²) in [5, 5.41) is 5.55. The van der Waals surface area contributed by atoms with E-state index in [0.717, 1.165) is 35.6 Å². The van der Waals surface area contributed by atoms with Gasteiger partial charge in [-0.15, -0.1) is 36.2 Å². The number of rotatable bonds is 4. The van der Waals surface area contributed by atoms with E-state index in [-0.39, 0.29) is 42.6 Å². The molecule has 0 spiro atoms. The van der Waals surface area contributed by atoms with E-state index in [1.807, 2.05) is 13.0 Å². The van der Waals surface area contributed by atoms with Gasteiger partial charge in [-0.05, 0) is 43.5 Å². The highest BCUT2D eigenvalue weighted by Gasteiger charge is 2.23. The summed E-state index contributed by atoms with van der Waals surface area (Å²) in [5.41, 5.74) is 7.90. The van der Waals surface area contributed by atoms with Crippen molar-refractivity contribution in [3.63, 3.8) is 0 Å². The predicted molar refractivity (Wildman–Crippen MR) is 108 cm³/mol. The molecule has 3 rings (SSSR count). The third-order valence-electron chi connectivity index (χ3n) is 4.22. The number of piperidine rings is 1. The molecule has 1 aliphatic rings. The van der Waals surface area contributed by atoms with Crippen LogP contribution in [-0.4, -0.2) is 30.0 Å². The standard InChI is InChI=1S/C17H21FN4OS.2ClH/c1-11-7-12(18)4-5-15(11)22-6-2-3-13(9-22)20-17(23)14-10-24-16(8-19)21-14;;/h4-5,7,10,13H,2-3,6,8-9,19H2,1H3,(H,20,23);2*1H. The van der Waals surface area contributed by atoms with Crippen molar-refractivity contribution in [2.24, 2.45) is 5.73 Å². The summed E-state index contributed by atoms with van der Waals surface area (Å²) in [6, 6.07) is 4.89. The number of aromatic nitrogens is 1. The van der Waals surface area contributed by atoms with E-state index in [4.69, 9.17) is 5.73 Å². The number of amides is 1. The van der Waals surface area contributed by atoms with E-state index in [9.17, 15) is 9.18 Å². The number of thiazole rings is 1. The van der Waals surface area contributed by atoms with Crippen molar-refractivity contribution in [3.05, 3.63) is 45.7 Å². The highest BCUT2D eigenvalue weighted by atomic mass is 35.5. The molecular weight excluding hydrogens is 398 g/mol. The third kappa shape index (κ3) is 5.30. The minimum atomic E-state index is -0.225. The van der Waals surface area contributed by atoms with Crippen molar-refractivity contribution in [2.75, 3.05) is 18.0 Å². The average Bonchev–Trinajstić information content (AvgIpc) is 3.04. The van der Waals surface area contributed by atoms with E-state index in [1.54, 1.807) is 11.4 Å². The van der Waals surface area contributed by atoms with Crippen LogP contribution in [0.15, 0.2) is 23.6 Å². The Morgan fingerprint density at radius 2 is 2.23 bits per heavy atom. The van der Waals surface area contributed by atoms with Crippen LogP contribution in [0.25, 0.3) is 0 Å². The van der Waals surface area contributed by atoms with Crippen LogP contribution < -0.4 is 16.0 Å². The summed E-state index contributed by atoms with van der Waals surface area (Å²) in [4.78, 5) is 18.7. The van der Waals surface area contributed by atoms with Crippen molar-refractivity contribution in [1.29, 1.82) is 0 Å². The zero-order valence-corrected chi connectivity index (χ0v) is 16.9. The SMILES string of the molecule is Cc1cc(F)ccc1N1CCCC(NC(=O)c2csc(CN)n2)C1.Cl.Cl. The Kier molecular flexibility index (Phi) is 8.76. The molecule has 1 amide bonds. The van der Waals surface area contributed by atoms with Crippen LogP contribution >= 0.6 is 36.2 Å². The molecule has 1 fully saturated rings. The van der Waals surface area contributed by atoms with E-state index >= 15 is 0 Å². The Labute approximate surface area is 169 Å². The monoisotopic (exact) mass is 420 g/mol. The van der Waals surface area contributed by atoms with Gasteiger partial charge in [-0.3, -0.25) is 4.79 Å². The summed E-state index contributed by atoms with van der Waals surface area (Å²) in [7, 11) is 0. The van der Waals surface area contributed by atoms with Crippen molar-refractivity contribution in [2.45, 2.75) is 32.4 Å². The molecule has 144 valence electrons. The summed E-state index contributed by atoms with van der Waals surface area (Å²) >= 11 is 1.40. The topological polar surface area (TPSA) is 71.2 Å². The normalized spacial score (nSPS) is 16.4. The number of halogens is 3. The highest BCUT2D eigenvalue weighted by molar-refractivity contribution is 7.09. The Morgan fingerprint density at radius 3 is 2.88 bits per heavy atom. The molecule has 5 nitrogen and oxygen atoms in total. The average molecular weight is 421 g/mol. The summed E-state index contributed by atoms with van der Waals surface area (Å²) < 4.78 is 13.3. The number of hydrogen-bond acceptors (Lipinski definition) is 5. The van der Waals surface area contributed by atoms with Gasteiger partial charge in [-0.1, -0.05) is 0 Å². The number of carbonyl (C=O) groups excluding carboxylic acids is 1. The lowest BCUT2D eigenvalue weighted by atomic mass is 10.0. The zero-order chi connectivity index (χ0) is 17.1. The summed E-state index contributed by atoms with van der Waals surface area (Å²) in [6.45, 7) is 3.88. The number of nitrogens with zero attached hydrogens (tertiary/aromatic N) is 2. The van der Waals surface area contributed by atoms with Gasteiger partial charge in [0, 0.05) is 36.7 Å². The minimum absolute atomic E-state index is 0. The van der Waals surface area contributed by atoms with Gasteiger partial charge in [0.05, 0.1) is 0 Å². The number of nitrogens with two attached hydrogens (primary N) is 1. The maximum Gasteiger partial charge on any atom is 0.271 e. The van der Waals surface area contributed by atoms with Crippen LogP contribution in [0.5, 0.6) is 0 Å². The van der Waals surface area contributed by atoms with Crippen LogP contribution in [0.3, 0.4) is 0 Å². The molecule has 2 heterocycles. The third-order valence-corrected chi connectivity index (χ3v) is 5.09. The number of nitrogens with one attached hydrogen (secondary N) is 1. The molecule has 0 radical (unpaired) electrons. The van der Waals surface area contributed by atoms with E-state index < -0.39 is 0 Å². The fourth-order valence-electron chi connectivity index (χ4n) is 3.06. The van der Waals surface area contributed by atoms with Crippen LogP contribution in [0.4, 0.5) is 10.1 Å². The number of benzene rings is 1. The highest BCUT2D eigenvalue weighted by Crippen LogP contribution is 2.24. The lowest BCUT2D eigenvalue weighted by Crippen LogP contribution is -2.48. The molecule has 0 saturated carbocycles. The molecule has 26 heavy (non-hydrogen) atoms. The predicted octanol–water partition coefficient (Wildman–Crippen LogP) is 3.29. The Hall–Kier alpha value is -1.41. The van der Waals surface area contributed by atoms with Gasteiger partial charge in [-0.2, -0.15) is 0 Å². The lowest BCUT2D eigenvalue weighted by molar-refractivity contribution is 0.0928. The molecule has 1 saturated heterocycles. The van der Waals surface area contributed by atoms with Crippen LogP contribution in [0.2, 0.25) is 0 Å². The summed E-state index contributed by atoms with van der Waals surface area (Å²) in [5.74, 6) is -0.383. The first kappa shape index (κ1) is 22.6. The molecule has 9 heteroatoms. The molecule has 1 unspecified atom stereocenters. The molecule has 2 aromatic rings. The molecule has 1 aliphatic heterocycles. The summed E-state index contributed by atoms with van der Waals surface area (Å²) in [6.07, 6.45) is 1.91. The van der Waals surface area contributed by atoms with Gasteiger partial charge in [-0.25, -0.2) is 9.37 Å². The minimum Gasteiger partial charge on any atom is -0.369 e. The first-order valence-electron chi connectivity index (χ1n) is 8.03. The fourth-order valence-corrected chi connectivity index (χ4v) is 3.71. The molecule has 3 N–H and O–H groups in total. The lowest BCUT2D eigenvalue weighted by Gasteiger charge is -2.35. The maximum atomic E-state index is 13.3. The first-order valence-corrected chi connectivity index (χ1v) is 8.91. The smallest absolute Gasteiger partial charge is 0.271 e. The van der Waals surface area contributed by atoms with Gasteiger partial charge >= 0.3 is 0 Å². The Bertz CT molecular complexity index is 743. The van der Waals surface area contributed by atoms with Crippen molar-refractivity contribution in [1.82, 2.24) is 10.3 Å². The molecule has 1 aromatic heterocycles. The van der Waals surface area contributed by atoms with E-state index in [1.165, 1.54) is 17.4 Å². The van der Waals surface area contributed by atoms with Crippen LogP contribution in [0.1, 0.15) is 33.9 Å². The number of hydrogen-bond donors (Lipinski definition) is 2. The van der Waals surface area contributed by atoms with Gasteiger partial charge < -0.3 is 16.0 Å². The largest absolute Gasteiger partial charge is 0.369 e. The molecule has 0 bridgehead atoms. The second kappa shape index (κ2) is 10.1. The maximum absolute atomic E-state index is 13.3. The van der Waals surface area contributed by atoms with Gasteiger partial charge in [0.1, 0.15) is 16.5 Å². The van der Waals surface area contributed by atoms with Crippen LogP contribution in [-0.2, 0) is 6.54 Å². The Balaban J connectivity index is 0.00000169. The second-order valence-corrected chi connectivity index (χ2v) is 6.96. The number of carbonyl (C=O) groups is 1. The zero-order valence-electron chi connectivity index (χ0n) is 14.4. The second-order valence-electron chi connectivity index (χ2n) is 6.02. The van der Waals surface area contributed by atoms with Gasteiger partial charge in [0.25, 0.3) is 5.91 Å². The van der Waals surface area contributed by atoms with Crippen molar-refractivity contribution in [3.8, 4) is 0 Å². The van der Waals surface area contributed by atoms with Crippen LogP contribution in [0, 0.1) is 12.7 Å². The Morgan fingerprint density at radius 1 is 1.46 bits per heavy atom.